The van der Waals surface area contributed by atoms with Gasteiger partial charge in [-0.1, -0.05) is 0 Å². The Bertz CT molecular complexity index is 579. The monoisotopic (exact) mass is 350 g/mol. The molecule has 0 bridgehead atoms. The van der Waals surface area contributed by atoms with Crippen LogP contribution < -0.4 is 14.2 Å². The molecular weight excluding hydrogens is 320 g/mol. The van der Waals surface area contributed by atoms with Crippen molar-refractivity contribution in [3.63, 3.8) is 0 Å². The Morgan fingerprint density at radius 3 is 2.48 bits per heavy atom. The van der Waals surface area contributed by atoms with Crippen molar-refractivity contribution in [1.29, 1.82) is 0 Å². The van der Waals surface area contributed by atoms with Crippen molar-refractivity contribution in [3.05, 3.63) is 17.7 Å². The van der Waals surface area contributed by atoms with Gasteiger partial charge in [-0.3, -0.25) is 4.90 Å². The fourth-order valence-corrected chi connectivity index (χ4v) is 4.00. The molecule has 2 aliphatic heterocycles. The lowest BCUT2D eigenvalue weighted by molar-refractivity contribution is 0.0686. The number of hydrogen-bond acceptors (Lipinski definition) is 6. The molecule has 6 heteroatoms. The smallest absolute Gasteiger partial charge is 0.165 e. The molecule has 1 fully saturated rings. The van der Waals surface area contributed by atoms with E-state index >= 15 is 0 Å². The molecule has 3 rings (SSSR count). The number of likely N-dealkylation sites (tertiary alicyclic amines) is 1. The van der Waals surface area contributed by atoms with E-state index in [9.17, 15) is 5.11 Å². The molecule has 1 aromatic rings. The van der Waals surface area contributed by atoms with Gasteiger partial charge >= 0.3 is 0 Å². The molecule has 2 atom stereocenters. The van der Waals surface area contributed by atoms with Crippen LogP contribution in [0, 0.1) is 11.8 Å². The number of benzene rings is 1. The van der Waals surface area contributed by atoms with Crippen LogP contribution in [0.4, 0.5) is 0 Å². The van der Waals surface area contributed by atoms with E-state index in [0.29, 0.717) is 25.0 Å². The number of rotatable bonds is 6. The molecule has 140 valence electrons. The topological polar surface area (TPSA) is 54.4 Å². The number of hydrogen-bond donors (Lipinski definition) is 1. The molecule has 0 saturated carbocycles. The zero-order valence-electron chi connectivity index (χ0n) is 15.5. The van der Waals surface area contributed by atoms with Gasteiger partial charge in [-0.15, -0.1) is 0 Å². The Hall–Kier alpha value is -1.50. The van der Waals surface area contributed by atoms with Crippen LogP contribution in [0.1, 0.15) is 12.0 Å². The minimum atomic E-state index is 0.249. The maximum atomic E-state index is 9.68. The summed E-state index contributed by atoms with van der Waals surface area (Å²) in [6, 6.07) is 3.96. The number of fused-ring (bicyclic) bond motifs is 1. The standard InChI is InChI=1S/C19H30N2O4/c1-20(2)9-14-6-15(13-22)11-21(10-14)12-16-7-18-19(8-17(16)23-3)25-5-4-24-18/h7-8,14-15,22H,4-6,9-13H2,1-3H3/t14-,15+/m0/s1. The van der Waals surface area contributed by atoms with Gasteiger partial charge < -0.3 is 24.2 Å². The van der Waals surface area contributed by atoms with Crippen LogP contribution >= 0.6 is 0 Å². The van der Waals surface area contributed by atoms with Gasteiger partial charge in [-0.05, 0) is 38.4 Å². The van der Waals surface area contributed by atoms with E-state index in [1.807, 2.05) is 12.1 Å². The molecule has 0 aliphatic carbocycles. The third kappa shape index (κ3) is 4.57. The van der Waals surface area contributed by atoms with Gasteiger partial charge in [0.05, 0.1) is 7.11 Å². The van der Waals surface area contributed by atoms with Crippen molar-refractivity contribution in [3.8, 4) is 17.2 Å². The van der Waals surface area contributed by atoms with Crippen molar-refractivity contribution in [1.82, 2.24) is 9.80 Å². The first-order valence-electron chi connectivity index (χ1n) is 9.03. The zero-order chi connectivity index (χ0) is 17.8. The molecule has 2 heterocycles. The summed E-state index contributed by atoms with van der Waals surface area (Å²) < 4.78 is 16.9. The highest BCUT2D eigenvalue weighted by Crippen LogP contribution is 2.37. The van der Waals surface area contributed by atoms with E-state index in [-0.39, 0.29) is 6.61 Å². The quantitative estimate of drug-likeness (QED) is 0.838. The fraction of sp³-hybridized carbons (Fsp3) is 0.684. The zero-order valence-corrected chi connectivity index (χ0v) is 15.5. The number of aliphatic hydroxyl groups is 1. The lowest BCUT2D eigenvalue weighted by Crippen LogP contribution is -2.44. The first-order chi connectivity index (χ1) is 12.1. The maximum absolute atomic E-state index is 9.68. The summed E-state index contributed by atoms with van der Waals surface area (Å²) in [5.74, 6) is 3.29. The van der Waals surface area contributed by atoms with Crippen molar-refractivity contribution in [2.24, 2.45) is 11.8 Å². The molecule has 1 saturated heterocycles. The second-order valence-electron chi connectivity index (χ2n) is 7.41. The summed E-state index contributed by atoms with van der Waals surface area (Å²) in [4.78, 5) is 4.65. The number of methoxy groups -OCH3 is 1. The molecule has 0 spiro atoms. The molecule has 0 radical (unpaired) electrons. The number of ether oxygens (including phenoxy) is 3. The predicted octanol–water partition coefficient (Wildman–Crippen LogP) is 1.46. The van der Waals surface area contributed by atoms with Gasteiger partial charge in [0.15, 0.2) is 11.5 Å². The van der Waals surface area contributed by atoms with Crippen molar-refractivity contribution in [2.75, 3.05) is 60.7 Å². The third-order valence-corrected chi connectivity index (χ3v) is 4.92. The van der Waals surface area contributed by atoms with Gasteiger partial charge in [-0.25, -0.2) is 0 Å². The highest BCUT2D eigenvalue weighted by molar-refractivity contribution is 5.51. The van der Waals surface area contributed by atoms with Crippen LogP contribution in [0.2, 0.25) is 0 Å². The Morgan fingerprint density at radius 1 is 1.16 bits per heavy atom. The van der Waals surface area contributed by atoms with Crippen molar-refractivity contribution >= 4 is 0 Å². The highest BCUT2D eigenvalue weighted by Gasteiger charge is 2.28. The fourth-order valence-electron chi connectivity index (χ4n) is 4.00. The first kappa shape index (κ1) is 18.3. The van der Waals surface area contributed by atoms with Crippen LogP contribution in [0.3, 0.4) is 0 Å². The summed E-state index contributed by atoms with van der Waals surface area (Å²) in [6.07, 6.45) is 1.09. The number of piperidine rings is 1. The normalized spacial score (nSPS) is 23.7. The Kier molecular flexibility index (Phi) is 6.04. The van der Waals surface area contributed by atoms with Gasteiger partial charge in [0, 0.05) is 44.4 Å². The Balaban J connectivity index is 1.75. The summed E-state index contributed by atoms with van der Waals surface area (Å²) in [6.45, 7) is 5.19. The van der Waals surface area contributed by atoms with Gasteiger partial charge in [0.2, 0.25) is 0 Å². The van der Waals surface area contributed by atoms with Gasteiger partial charge in [-0.2, -0.15) is 0 Å². The largest absolute Gasteiger partial charge is 0.496 e. The van der Waals surface area contributed by atoms with E-state index in [2.05, 4.69) is 23.9 Å². The Labute approximate surface area is 150 Å². The molecular formula is C19H30N2O4. The number of aliphatic hydroxyl groups excluding tert-OH is 1. The second kappa shape index (κ2) is 8.25. The third-order valence-electron chi connectivity index (χ3n) is 4.92. The van der Waals surface area contributed by atoms with E-state index in [0.717, 1.165) is 55.4 Å². The summed E-state index contributed by atoms with van der Waals surface area (Å²) in [5.41, 5.74) is 1.11. The minimum absolute atomic E-state index is 0.249. The molecule has 1 N–H and O–H groups in total. The summed E-state index contributed by atoms with van der Waals surface area (Å²) in [7, 11) is 5.91. The minimum Gasteiger partial charge on any atom is -0.496 e. The van der Waals surface area contributed by atoms with E-state index in [1.165, 1.54) is 0 Å². The summed E-state index contributed by atoms with van der Waals surface area (Å²) >= 11 is 0. The average molecular weight is 350 g/mol. The maximum Gasteiger partial charge on any atom is 0.165 e. The molecule has 0 aromatic heterocycles. The highest BCUT2D eigenvalue weighted by atomic mass is 16.6. The molecule has 6 nitrogen and oxygen atoms in total. The predicted molar refractivity (Wildman–Crippen MR) is 96.5 cm³/mol. The van der Waals surface area contributed by atoms with Crippen molar-refractivity contribution < 1.29 is 19.3 Å². The van der Waals surface area contributed by atoms with Crippen LogP contribution in [0.5, 0.6) is 17.2 Å². The Morgan fingerprint density at radius 2 is 1.84 bits per heavy atom. The molecule has 25 heavy (non-hydrogen) atoms. The first-order valence-corrected chi connectivity index (χ1v) is 9.03. The van der Waals surface area contributed by atoms with Gasteiger partial charge in [0.25, 0.3) is 0 Å². The summed E-state index contributed by atoms with van der Waals surface area (Å²) in [5, 5.41) is 9.68. The van der Waals surface area contributed by atoms with Crippen molar-refractivity contribution in [2.45, 2.75) is 13.0 Å². The van der Waals surface area contributed by atoms with E-state index < -0.39 is 0 Å². The lowest BCUT2D eigenvalue weighted by Gasteiger charge is -2.38. The molecule has 1 aromatic carbocycles. The second-order valence-corrected chi connectivity index (χ2v) is 7.41. The van der Waals surface area contributed by atoms with Crippen LogP contribution in [-0.4, -0.2) is 75.6 Å². The molecule has 2 aliphatic rings. The van der Waals surface area contributed by atoms with Gasteiger partial charge in [0.1, 0.15) is 19.0 Å². The SMILES string of the molecule is COc1cc2c(cc1CN1C[C@H](CO)C[C@@H](CN(C)C)C1)OCCO2. The van der Waals surface area contributed by atoms with Crippen LogP contribution in [-0.2, 0) is 6.54 Å². The average Bonchev–Trinajstić information content (AvgIpc) is 2.60. The van der Waals surface area contributed by atoms with E-state index in [4.69, 9.17) is 14.2 Å². The molecule has 0 amide bonds. The number of nitrogens with zero attached hydrogens (tertiary/aromatic N) is 2. The van der Waals surface area contributed by atoms with E-state index in [1.54, 1.807) is 7.11 Å². The lowest BCUT2D eigenvalue weighted by atomic mass is 9.89. The van der Waals surface area contributed by atoms with Crippen LogP contribution in [0.15, 0.2) is 12.1 Å². The molecule has 0 unspecified atom stereocenters. The van der Waals surface area contributed by atoms with Crippen LogP contribution in [0.25, 0.3) is 0 Å².